The Morgan fingerprint density at radius 2 is 2.16 bits per heavy atom. The van der Waals surface area contributed by atoms with Crippen LogP contribution >= 0.6 is 11.3 Å². The molecule has 4 nitrogen and oxygen atoms in total. The van der Waals surface area contributed by atoms with Gasteiger partial charge in [-0.1, -0.05) is 19.1 Å². The SMILES string of the molecule is CC1CCCN(Cc2nc3cc(-c4ccc(F)cc4)sc3c(=O)[nH]2)C1. The maximum Gasteiger partial charge on any atom is 0.268 e. The Labute approximate surface area is 149 Å². The fourth-order valence-corrected chi connectivity index (χ4v) is 4.46. The highest BCUT2D eigenvalue weighted by atomic mass is 32.1. The third-order valence-corrected chi connectivity index (χ3v) is 5.85. The quantitative estimate of drug-likeness (QED) is 0.770. The molecule has 1 unspecified atom stereocenters. The lowest BCUT2D eigenvalue weighted by Gasteiger charge is -2.30. The second-order valence-corrected chi connectivity index (χ2v) is 7.88. The van der Waals surface area contributed by atoms with E-state index < -0.39 is 0 Å². The first-order valence-corrected chi connectivity index (χ1v) is 9.41. The zero-order chi connectivity index (χ0) is 17.4. The predicted molar refractivity (Wildman–Crippen MR) is 99.3 cm³/mol. The lowest BCUT2D eigenvalue weighted by atomic mass is 10.0. The number of aromatic nitrogens is 2. The number of fused-ring (bicyclic) bond motifs is 1. The smallest absolute Gasteiger partial charge is 0.268 e. The van der Waals surface area contributed by atoms with Gasteiger partial charge in [-0.15, -0.1) is 11.3 Å². The highest BCUT2D eigenvalue weighted by Gasteiger charge is 2.18. The summed E-state index contributed by atoms with van der Waals surface area (Å²) in [5.41, 5.74) is 1.52. The van der Waals surface area contributed by atoms with Crippen LogP contribution < -0.4 is 5.56 Å². The molecule has 2 aromatic heterocycles. The van der Waals surface area contributed by atoms with E-state index in [-0.39, 0.29) is 11.4 Å². The Bertz CT molecular complexity index is 947. The van der Waals surface area contributed by atoms with Crippen LogP contribution in [-0.4, -0.2) is 28.0 Å². The summed E-state index contributed by atoms with van der Waals surface area (Å²) in [6.45, 7) is 5.04. The van der Waals surface area contributed by atoms with Crippen molar-refractivity contribution in [3.05, 3.63) is 52.3 Å². The number of nitrogens with one attached hydrogen (secondary N) is 1. The highest BCUT2D eigenvalue weighted by Crippen LogP contribution is 2.31. The van der Waals surface area contributed by atoms with Crippen LogP contribution in [-0.2, 0) is 6.54 Å². The van der Waals surface area contributed by atoms with Gasteiger partial charge in [0.1, 0.15) is 16.3 Å². The molecule has 1 N–H and O–H groups in total. The molecule has 25 heavy (non-hydrogen) atoms. The Kier molecular flexibility index (Phi) is 4.39. The van der Waals surface area contributed by atoms with Gasteiger partial charge in [0.25, 0.3) is 5.56 Å². The number of aromatic amines is 1. The molecule has 130 valence electrons. The zero-order valence-electron chi connectivity index (χ0n) is 14.1. The molecule has 3 heterocycles. The van der Waals surface area contributed by atoms with E-state index in [2.05, 4.69) is 21.8 Å². The minimum absolute atomic E-state index is 0.0941. The van der Waals surface area contributed by atoms with Crippen LogP contribution in [0.5, 0.6) is 0 Å². The van der Waals surface area contributed by atoms with Crippen molar-refractivity contribution in [2.24, 2.45) is 5.92 Å². The van der Waals surface area contributed by atoms with E-state index >= 15 is 0 Å². The van der Waals surface area contributed by atoms with E-state index in [1.54, 1.807) is 12.1 Å². The van der Waals surface area contributed by atoms with Gasteiger partial charge in [0.15, 0.2) is 0 Å². The van der Waals surface area contributed by atoms with Gasteiger partial charge in [-0.05, 0) is 49.1 Å². The van der Waals surface area contributed by atoms with Gasteiger partial charge < -0.3 is 4.98 Å². The Hall–Kier alpha value is -2.05. The van der Waals surface area contributed by atoms with E-state index in [1.165, 1.54) is 36.3 Å². The number of halogens is 1. The van der Waals surface area contributed by atoms with Gasteiger partial charge in [0, 0.05) is 11.4 Å². The topological polar surface area (TPSA) is 49.0 Å². The summed E-state index contributed by atoms with van der Waals surface area (Å²) >= 11 is 1.40. The van der Waals surface area contributed by atoms with Crippen molar-refractivity contribution in [3.8, 4) is 10.4 Å². The molecule has 1 saturated heterocycles. The average Bonchev–Trinajstić information content (AvgIpc) is 3.00. The van der Waals surface area contributed by atoms with Crippen molar-refractivity contribution >= 4 is 21.6 Å². The first kappa shape index (κ1) is 16.4. The molecule has 3 aromatic rings. The number of hydrogen-bond acceptors (Lipinski definition) is 4. The minimum Gasteiger partial charge on any atom is -0.308 e. The van der Waals surface area contributed by atoms with E-state index in [0.717, 1.165) is 29.4 Å². The van der Waals surface area contributed by atoms with Gasteiger partial charge >= 0.3 is 0 Å². The molecular formula is C19H20FN3OS. The van der Waals surface area contributed by atoms with E-state index in [0.29, 0.717) is 22.7 Å². The molecule has 0 bridgehead atoms. The van der Waals surface area contributed by atoms with Crippen molar-refractivity contribution in [1.82, 2.24) is 14.9 Å². The molecule has 1 fully saturated rings. The first-order chi connectivity index (χ1) is 12.1. The molecule has 1 aliphatic rings. The van der Waals surface area contributed by atoms with Gasteiger partial charge in [-0.3, -0.25) is 9.69 Å². The first-order valence-electron chi connectivity index (χ1n) is 8.59. The fraction of sp³-hybridized carbons (Fsp3) is 0.368. The number of H-pyrrole nitrogens is 1. The number of thiophene rings is 1. The number of rotatable bonds is 3. The highest BCUT2D eigenvalue weighted by molar-refractivity contribution is 7.22. The van der Waals surface area contributed by atoms with E-state index in [4.69, 9.17) is 0 Å². The summed E-state index contributed by atoms with van der Waals surface area (Å²) in [5, 5.41) is 0. The number of likely N-dealkylation sites (tertiary alicyclic amines) is 1. The third-order valence-electron chi connectivity index (χ3n) is 4.68. The van der Waals surface area contributed by atoms with Crippen molar-refractivity contribution in [3.63, 3.8) is 0 Å². The number of nitrogens with zero attached hydrogens (tertiary/aromatic N) is 2. The second kappa shape index (κ2) is 6.69. The molecule has 0 spiro atoms. The fourth-order valence-electron chi connectivity index (χ4n) is 3.46. The summed E-state index contributed by atoms with van der Waals surface area (Å²) in [7, 11) is 0. The molecule has 1 aromatic carbocycles. The van der Waals surface area contributed by atoms with Gasteiger partial charge in [0.05, 0.1) is 12.1 Å². The van der Waals surface area contributed by atoms with Crippen LogP contribution in [0.25, 0.3) is 20.7 Å². The summed E-state index contributed by atoms with van der Waals surface area (Å²) in [5.74, 6) is 1.14. The van der Waals surface area contributed by atoms with Gasteiger partial charge in [0.2, 0.25) is 0 Å². The average molecular weight is 357 g/mol. The van der Waals surface area contributed by atoms with Crippen molar-refractivity contribution < 1.29 is 4.39 Å². The number of hydrogen-bond donors (Lipinski definition) is 1. The summed E-state index contributed by atoms with van der Waals surface area (Å²) < 4.78 is 13.7. The largest absolute Gasteiger partial charge is 0.308 e. The lowest BCUT2D eigenvalue weighted by Crippen LogP contribution is -2.34. The van der Waals surface area contributed by atoms with Gasteiger partial charge in [-0.2, -0.15) is 0 Å². The van der Waals surface area contributed by atoms with Crippen LogP contribution in [0.1, 0.15) is 25.6 Å². The summed E-state index contributed by atoms with van der Waals surface area (Å²) in [6.07, 6.45) is 2.46. The molecule has 4 rings (SSSR count). The molecule has 1 atom stereocenters. The van der Waals surface area contributed by atoms with Crippen molar-refractivity contribution in [2.45, 2.75) is 26.3 Å². The molecule has 6 heteroatoms. The summed E-state index contributed by atoms with van der Waals surface area (Å²) in [4.78, 5) is 23.3. The van der Waals surface area contributed by atoms with Crippen molar-refractivity contribution in [1.29, 1.82) is 0 Å². The molecule has 0 aliphatic carbocycles. The van der Waals surface area contributed by atoms with Crippen molar-refractivity contribution in [2.75, 3.05) is 13.1 Å². The Balaban J connectivity index is 1.65. The maximum atomic E-state index is 13.1. The molecular weight excluding hydrogens is 337 g/mol. The van der Waals surface area contributed by atoms with Crippen LogP contribution in [0.2, 0.25) is 0 Å². The van der Waals surface area contributed by atoms with Crippen LogP contribution in [0, 0.1) is 11.7 Å². The molecule has 1 aliphatic heterocycles. The predicted octanol–water partition coefficient (Wildman–Crippen LogP) is 4.02. The van der Waals surface area contributed by atoms with Crippen LogP contribution in [0.3, 0.4) is 0 Å². The zero-order valence-corrected chi connectivity index (χ0v) is 14.9. The van der Waals surface area contributed by atoms with Crippen LogP contribution in [0.15, 0.2) is 35.1 Å². The van der Waals surface area contributed by atoms with Gasteiger partial charge in [-0.25, -0.2) is 9.37 Å². The van der Waals surface area contributed by atoms with Crippen LogP contribution in [0.4, 0.5) is 4.39 Å². The Morgan fingerprint density at radius 1 is 1.36 bits per heavy atom. The molecule has 0 radical (unpaired) electrons. The minimum atomic E-state index is -0.265. The monoisotopic (exact) mass is 357 g/mol. The normalized spacial score (nSPS) is 18.7. The second-order valence-electron chi connectivity index (χ2n) is 6.83. The standard InChI is InChI=1S/C19H20FN3OS/c1-12-3-2-8-23(10-12)11-17-21-15-9-16(25-18(15)19(24)22-17)13-4-6-14(20)7-5-13/h4-7,9,12H,2-3,8,10-11H2,1H3,(H,21,22,24). The maximum absolute atomic E-state index is 13.1. The number of piperidine rings is 1. The van der Waals surface area contributed by atoms with E-state index in [1.807, 2.05) is 6.07 Å². The lowest BCUT2D eigenvalue weighted by molar-refractivity contribution is 0.173. The van der Waals surface area contributed by atoms with E-state index in [9.17, 15) is 9.18 Å². The number of benzene rings is 1. The third kappa shape index (κ3) is 3.50. The molecule has 0 amide bonds. The Morgan fingerprint density at radius 3 is 2.92 bits per heavy atom. The summed E-state index contributed by atoms with van der Waals surface area (Å²) in [6, 6.07) is 8.24. The molecule has 0 saturated carbocycles.